The molecule has 1 N–H and O–H groups in total. The Bertz CT molecular complexity index is 1110. The standard InChI is InChI=1S/C30H36F5NO3/c1-39-27-7-5-6-25(31)24(27)18-36(19-29(32)14-3-2-4-15-29)26-13-8-20(17-28(37)38)16-23(26)21-9-11-22(12-10-21)30(33,34)35/h5-7,9-12,20,23,26H,2-4,8,13-19H2,1H3,(H,37,38)/t20-,23+,26-/m1/s1. The van der Waals surface area contributed by atoms with Gasteiger partial charge in [-0.05, 0) is 73.8 Å². The normalized spacial score (nSPS) is 23.5. The van der Waals surface area contributed by atoms with E-state index in [4.69, 9.17) is 4.74 Å². The van der Waals surface area contributed by atoms with Crippen molar-refractivity contribution >= 4 is 5.97 Å². The van der Waals surface area contributed by atoms with Crippen LogP contribution in [0.4, 0.5) is 22.0 Å². The van der Waals surface area contributed by atoms with Gasteiger partial charge in [0.05, 0.1) is 12.7 Å². The predicted octanol–water partition coefficient (Wildman–Crippen LogP) is 7.75. The summed E-state index contributed by atoms with van der Waals surface area (Å²) in [6, 6.07) is 9.17. The van der Waals surface area contributed by atoms with Gasteiger partial charge >= 0.3 is 12.1 Å². The summed E-state index contributed by atoms with van der Waals surface area (Å²) in [5.41, 5.74) is -1.28. The zero-order valence-electron chi connectivity index (χ0n) is 22.2. The summed E-state index contributed by atoms with van der Waals surface area (Å²) >= 11 is 0. The van der Waals surface area contributed by atoms with Crippen LogP contribution in [0.3, 0.4) is 0 Å². The number of hydrogen-bond acceptors (Lipinski definition) is 3. The highest BCUT2D eigenvalue weighted by Crippen LogP contribution is 2.44. The number of carboxylic acid groups (broad SMARTS) is 1. The monoisotopic (exact) mass is 553 g/mol. The second-order valence-corrected chi connectivity index (χ2v) is 11.1. The Labute approximate surface area is 226 Å². The van der Waals surface area contributed by atoms with Gasteiger partial charge in [-0.25, -0.2) is 8.78 Å². The first-order valence-electron chi connectivity index (χ1n) is 13.6. The number of nitrogens with zero attached hydrogens (tertiary/aromatic N) is 1. The number of methoxy groups -OCH3 is 1. The van der Waals surface area contributed by atoms with Crippen molar-refractivity contribution in [2.45, 2.75) is 88.1 Å². The molecular weight excluding hydrogens is 517 g/mol. The third-order valence-corrected chi connectivity index (χ3v) is 8.41. The Hall–Kier alpha value is -2.68. The fourth-order valence-electron chi connectivity index (χ4n) is 6.47. The van der Waals surface area contributed by atoms with E-state index in [0.29, 0.717) is 49.0 Å². The molecule has 0 unspecified atom stereocenters. The number of benzene rings is 2. The van der Waals surface area contributed by atoms with Gasteiger partial charge in [0, 0.05) is 31.1 Å². The quantitative estimate of drug-likeness (QED) is 0.323. The van der Waals surface area contributed by atoms with Gasteiger partial charge in [0.2, 0.25) is 0 Å². The number of carboxylic acids is 1. The van der Waals surface area contributed by atoms with Crippen LogP contribution >= 0.6 is 0 Å². The van der Waals surface area contributed by atoms with Gasteiger partial charge in [-0.15, -0.1) is 0 Å². The molecular formula is C30H36F5NO3. The maximum Gasteiger partial charge on any atom is 0.416 e. The van der Waals surface area contributed by atoms with Gasteiger partial charge in [0.15, 0.2) is 0 Å². The van der Waals surface area contributed by atoms with Crippen molar-refractivity contribution in [2.24, 2.45) is 5.92 Å². The van der Waals surface area contributed by atoms with E-state index < -0.39 is 29.2 Å². The fraction of sp³-hybridized carbons (Fsp3) is 0.567. The molecule has 3 atom stereocenters. The first-order valence-corrected chi connectivity index (χ1v) is 13.6. The molecule has 4 rings (SSSR count). The number of halogens is 5. The van der Waals surface area contributed by atoms with Crippen molar-refractivity contribution in [1.29, 1.82) is 0 Å². The van der Waals surface area contributed by atoms with Crippen molar-refractivity contribution in [3.8, 4) is 5.75 Å². The van der Waals surface area contributed by atoms with Gasteiger partial charge in [-0.2, -0.15) is 13.2 Å². The number of alkyl halides is 4. The van der Waals surface area contributed by atoms with Crippen LogP contribution in [0.1, 0.15) is 80.4 Å². The minimum absolute atomic E-state index is 0.0436. The predicted molar refractivity (Wildman–Crippen MR) is 138 cm³/mol. The molecule has 0 spiro atoms. The van der Waals surface area contributed by atoms with E-state index in [9.17, 15) is 23.1 Å². The first kappa shape index (κ1) is 29.3. The fourth-order valence-corrected chi connectivity index (χ4v) is 6.47. The average molecular weight is 554 g/mol. The molecule has 0 bridgehead atoms. The molecule has 0 aliphatic heterocycles. The molecule has 0 radical (unpaired) electrons. The van der Waals surface area contributed by atoms with Crippen LogP contribution in [-0.4, -0.2) is 41.3 Å². The summed E-state index contributed by atoms with van der Waals surface area (Å²) < 4.78 is 76.4. The van der Waals surface area contributed by atoms with Crippen LogP contribution in [0.15, 0.2) is 42.5 Å². The molecule has 0 aromatic heterocycles. The molecule has 0 saturated heterocycles. The molecule has 4 nitrogen and oxygen atoms in total. The van der Waals surface area contributed by atoms with Gasteiger partial charge in [-0.3, -0.25) is 9.69 Å². The minimum atomic E-state index is -4.48. The van der Waals surface area contributed by atoms with E-state index in [-0.39, 0.29) is 37.4 Å². The Morgan fingerprint density at radius 2 is 1.77 bits per heavy atom. The maximum absolute atomic E-state index is 16.2. The topological polar surface area (TPSA) is 49.8 Å². The van der Waals surface area contributed by atoms with Crippen molar-refractivity contribution in [1.82, 2.24) is 4.90 Å². The minimum Gasteiger partial charge on any atom is -0.496 e. The van der Waals surface area contributed by atoms with Gasteiger partial charge in [-0.1, -0.05) is 37.5 Å². The number of aliphatic carboxylic acids is 1. The van der Waals surface area contributed by atoms with Gasteiger partial charge in [0.1, 0.15) is 17.2 Å². The molecule has 2 saturated carbocycles. The van der Waals surface area contributed by atoms with Crippen LogP contribution in [0.2, 0.25) is 0 Å². The van der Waals surface area contributed by atoms with E-state index in [0.717, 1.165) is 31.4 Å². The number of carbonyl (C=O) groups is 1. The van der Waals surface area contributed by atoms with Crippen molar-refractivity contribution < 1.29 is 36.6 Å². The molecule has 0 heterocycles. The molecule has 2 aromatic rings. The molecule has 2 aliphatic carbocycles. The molecule has 0 amide bonds. The highest BCUT2D eigenvalue weighted by molar-refractivity contribution is 5.67. The Morgan fingerprint density at radius 3 is 2.38 bits per heavy atom. The maximum atomic E-state index is 16.2. The zero-order chi connectivity index (χ0) is 28.2. The Morgan fingerprint density at radius 1 is 1.08 bits per heavy atom. The number of rotatable bonds is 9. The highest BCUT2D eigenvalue weighted by Gasteiger charge is 2.41. The third-order valence-electron chi connectivity index (χ3n) is 8.41. The zero-order valence-corrected chi connectivity index (χ0v) is 22.2. The molecule has 2 aromatic carbocycles. The first-order chi connectivity index (χ1) is 18.5. The summed E-state index contributed by atoms with van der Waals surface area (Å²) in [5, 5.41) is 9.42. The largest absolute Gasteiger partial charge is 0.496 e. The molecule has 2 aliphatic rings. The highest BCUT2D eigenvalue weighted by atomic mass is 19.4. The second kappa shape index (κ2) is 12.2. The molecule has 2 fully saturated rings. The summed E-state index contributed by atoms with van der Waals surface area (Å²) in [6.45, 7) is 0.142. The smallest absolute Gasteiger partial charge is 0.416 e. The SMILES string of the molecule is COc1cccc(F)c1CN(CC1(F)CCCCC1)[C@@H]1CC[C@@H](CC(=O)O)C[C@H]1c1ccc(C(F)(F)F)cc1. The number of ether oxygens (including phenoxy) is 1. The molecule has 214 valence electrons. The van der Waals surface area contributed by atoms with Crippen LogP contribution in [-0.2, 0) is 17.5 Å². The Kier molecular flexibility index (Phi) is 9.19. The van der Waals surface area contributed by atoms with E-state index in [1.54, 1.807) is 12.1 Å². The van der Waals surface area contributed by atoms with Gasteiger partial charge in [0.25, 0.3) is 0 Å². The van der Waals surface area contributed by atoms with Crippen LogP contribution in [0.25, 0.3) is 0 Å². The third kappa shape index (κ3) is 7.29. The van der Waals surface area contributed by atoms with Crippen molar-refractivity contribution in [3.05, 3.63) is 65.0 Å². The lowest BCUT2D eigenvalue weighted by molar-refractivity contribution is -0.139. The summed E-state index contributed by atoms with van der Waals surface area (Å²) in [7, 11) is 1.45. The van der Waals surface area contributed by atoms with Crippen LogP contribution < -0.4 is 4.74 Å². The Balaban J connectivity index is 1.72. The van der Waals surface area contributed by atoms with Crippen LogP contribution in [0.5, 0.6) is 5.75 Å². The summed E-state index contributed by atoms with van der Waals surface area (Å²) in [6.07, 6.45) is 0.308. The van der Waals surface area contributed by atoms with Crippen LogP contribution in [0, 0.1) is 11.7 Å². The second-order valence-electron chi connectivity index (χ2n) is 11.1. The number of hydrogen-bond donors (Lipinski definition) is 1. The van der Waals surface area contributed by atoms with Gasteiger partial charge < -0.3 is 9.84 Å². The lowest BCUT2D eigenvalue weighted by Gasteiger charge is -2.45. The lowest BCUT2D eigenvalue weighted by Crippen LogP contribution is -2.49. The molecule has 9 heteroatoms. The van der Waals surface area contributed by atoms with E-state index >= 15 is 8.78 Å². The summed E-state index contributed by atoms with van der Waals surface area (Å²) in [4.78, 5) is 13.4. The van der Waals surface area contributed by atoms with E-state index in [1.807, 2.05) is 4.90 Å². The summed E-state index contributed by atoms with van der Waals surface area (Å²) in [5.74, 6) is -1.55. The van der Waals surface area contributed by atoms with E-state index in [2.05, 4.69) is 0 Å². The average Bonchev–Trinajstić information content (AvgIpc) is 2.89. The lowest BCUT2D eigenvalue weighted by atomic mass is 9.72. The van der Waals surface area contributed by atoms with E-state index in [1.165, 1.54) is 25.3 Å². The van der Waals surface area contributed by atoms with Crippen molar-refractivity contribution in [2.75, 3.05) is 13.7 Å². The van der Waals surface area contributed by atoms with Crippen molar-refractivity contribution in [3.63, 3.8) is 0 Å². The molecule has 39 heavy (non-hydrogen) atoms.